The number of hydrogen-bond donors (Lipinski definition) is 2. The highest BCUT2D eigenvalue weighted by Gasteiger charge is 2.20. The largest absolute Gasteiger partial charge is 0.282 e. The minimum absolute atomic E-state index is 0.146. The van der Waals surface area contributed by atoms with E-state index in [9.17, 15) is 8.42 Å². The number of fused-ring (bicyclic) bond motifs is 1. The second-order valence-corrected chi connectivity index (χ2v) is 6.89. The second kappa shape index (κ2) is 5.17. The number of sulfonamides is 1. The summed E-state index contributed by atoms with van der Waals surface area (Å²) in [6.45, 7) is 3.87. The summed E-state index contributed by atoms with van der Waals surface area (Å²) in [7, 11) is -3.65. The van der Waals surface area contributed by atoms with Crippen LogP contribution in [0.1, 0.15) is 17.0 Å². The quantitative estimate of drug-likeness (QED) is 0.758. The van der Waals surface area contributed by atoms with Crippen LogP contribution in [0, 0.1) is 13.8 Å². The topological polar surface area (TPSA) is 101 Å². The minimum Gasteiger partial charge on any atom is -0.282 e. The van der Waals surface area contributed by atoms with E-state index in [4.69, 9.17) is 0 Å². The molecule has 0 spiro atoms. The molecule has 3 aromatic rings. The number of H-pyrrole nitrogens is 1. The van der Waals surface area contributed by atoms with Crippen molar-refractivity contribution in [3.63, 3.8) is 0 Å². The first-order valence-corrected chi connectivity index (χ1v) is 8.42. The average Bonchev–Trinajstić information content (AvgIpc) is 3.04. The lowest BCUT2D eigenvalue weighted by molar-refractivity contribution is 0.582. The van der Waals surface area contributed by atoms with E-state index in [0.29, 0.717) is 11.0 Å². The molecule has 0 unspecified atom stereocenters. The molecule has 2 heterocycles. The molecule has 2 aromatic heterocycles. The molecule has 9 heteroatoms. The Balaban J connectivity index is 1.93. The molecule has 0 saturated carbocycles. The van der Waals surface area contributed by atoms with Gasteiger partial charge in [-0.15, -0.1) is 0 Å². The van der Waals surface area contributed by atoms with E-state index >= 15 is 0 Å². The predicted octanol–water partition coefficient (Wildman–Crippen LogP) is 1.51. The first-order chi connectivity index (χ1) is 9.99. The maximum atomic E-state index is 12.5. The van der Waals surface area contributed by atoms with Crippen molar-refractivity contribution < 1.29 is 8.42 Å². The second-order valence-electron chi connectivity index (χ2n) is 4.63. The van der Waals surface area contributed by atoms with Gasteiger partial charge in [0.05, 0.1) is 17.4 Å². The third-order valence-corrected chi connectivity index (χ3v) is 5.23. The van der Waals surface area contributed by atoms with Gasteiger partial charge in [-0.1, -0.05) is 6.07 Å². The Labute approximate surface area is 125 Å². The highest BCUT2D eigenvalue weighted by molar-refractivity contribution is 7.89. The number of aromatic nitrogens is 4. The standard InChI is InChI=1S/C12H13N5O2S2/c1-7-9(8(2)15-14-7)6-13-21(18,19)11-5-3-4-10-12(11)17-20-16-10/h3-5,13H,6H2,1-2H3,(H,14,15). The van der Waals surface area contributed by atoms with Crippen LogP contribution in [-0.4, -0.2) is 27.4 Å². The summed E-state index contributed by atoms with van der Waals surface area (Å²) in [5.74, 6) is 0. The number of benzene rings is 1. The molecule has 110 valence electrons. The zero-order chi connectivity index (χ0) is 15.0. The lowest BCUT2D eigenvalue weighted by Gasteiger charge is -2.07. The highest BCUT2D eigenvalue weighted by Crippen LogP contribution is 2.21. The molecule has 0 saturated heterocycles. The van der Waals surface area contributed by atoms with E-state index in [-0.39, 0.29) is 11.4 Å². The van der Waals surface area contributed by atoms with E-state index in [0.717, 1.165) is 28.7 Å². The van der Waals surface area contributed by atoms with Crippen LogP contribution in [0.25, 0.3) is 11.0 Å². The van der Waals surface area contributed by atoms with Crippen molar-refractivity contribution in [2.75, 3.05) is 0 Å². The molecule has 0 aliphatic heterocycles. The fourth-order valence-corrected chi connectivity index (χ4v) is 3.84. The third kappa shape index (κ3) is 2.55. The van der Waals surface area contributed by atoms with Crippen molar-refractivity contribution in [1.29, 1.82) is 0 Å². The molecule has 2 N–H and O–H groups in total. The number of rotatable bonds is 4. The number of aryl methyl sites for hydroxylation is 2. The Bertz CT molecular complexity index is 878. The fraction of sp³-hybridized carbons (Fsp3) is 0.250. The normalized spacial score (nSPS) is 12.1. The van der Waals surface area contributed by atoms with Crippen LogP contribution in [0.2, 0.25) is 0 Å². The Morgan fingerprint density at radius 2 is 2.10 bits per heavy atom. The van der Waals surface area contributed by atoms with Gasteiger partial charge in [0, 0.05) is 17.8 Å². The SMILES string of the molecule is Cc1n[nH]c(C)c1CNS(=O)(=O)c1cccc2nsnc12. The Morgan fingerprint density at radius 3 is 2.81 bits per heavy atom. The fourth-order valence-electron chi connectivity index (χ4n) is 2.08. The van der Waals surface area contributed by atoms with Crippen LogP contribution < -0.4 is 4.72 Å². The van der Waals surface area contributed by atoms with Crippen LogP contribution in [0.4, 0.5) is 0 Å². The number of aromatic amines is 1. The number of nitrogens with one attached hydrogen (secondary N) is 2. The summed E-state index contributed by atoms with van der Waals surface area (Å²) >= 11 is 0.997. The van der Waals surface area contributed by atoms with E-state index < -0.39 is 10.0 Å². The summed E-state index contributed by atoms with van der Waals surface area (Å²) in [5, 5.41) is 6.88. The summed E-state index contributed by atoms with van der Waals surface area (Å²) in [6.07, 6.45) is 0. The maximum Gasteiger partial charge on any atom is 0.243 e. The van der Waals surface area contributed by atoms with Gasteiger partial charge in [0.1, 0.15) is 15.9 Å². The van der Waals surface area contributed by atoms with Gasteiger partial charge >= 0.3 is 0 Å². The third-order valence-electron chi connectivity index (χ3n) is 3.26. The maximum absolute atomic E-state index is 12.5. The first-order valence-electron chi connectivity index (χ1n) is 6.20. The van der Waals surface area contributed by atoms with Crippen LogP contribution >= 0.6 is 11.7 Å². The van der Waals surface area contributed by atoms with E-state index in [1.807, 2.05) is 13.8 Å². The van der Waals surface area contributed by atoms with Gasteiger partial charge in [-0.05, 0) is 26.0 Å². The molecule has 0 radical (unpaired) electrons. The van der Waals surface area contributed by atoms with Crippen LogP contribution in [0.5, 0.6) is 0 Å². The lowest BCUT2D eigenvalue weighted by atomic mass is 10.2. The molecule has 1 aromatic carbocycles. The van der Waals surface area contributed by atoms with Crippen LogP contribution in [0.3, 0.4) is 0 Å². The number of hydrogen-bond acceptors (Lipinski definition) is 6. The summed E-state index contributed by atoms with van der Waals surface area (Å²) in [4.78, 5) is 0.146. The van der Waals surface area contributed by atoms with E-state index in [1.165, 1.54) is 6.07 Å². The van der Waals surface area contributed by atoms with Gasteiger partial charge in [-0.2, -0.15) is 13.8 Å². The molecule has 0 atom stereocenters. The Hall–Kier alpha value is -1.84. The van der Waals surface area contributed by atoms with Crippen molar-refractivity contribution in [2.24, 2.45) is 0 Å². The summed E-state index contributed by atoms with van der Waals surface area (Å²) in [5.41, 5.74) is 3.46. The van der Waals surface area contributed by atoms with E-state index in [2.05, 4.69) is 23.7 Å². The minimum atomic E-state index is -3.65. The van der Waals surface area contributed by atoms with E-state index in [1.54, 1.807) is 12.1 Å². The van der Waals surface area contributed by atoms with Gasteiger partial charge in [-0.25, -0.2) is 13.1 Å². The summed E-state index contributed by atoms with van der Waals surface area (Å²) in [6, 6.07) is 4.93. The van der Waals surface area contributed by atoms with Crippen molar-refractivity contribution in [2.45, 2.75) is 25.3 Å². The van der Waals surface area contributed by atoms with Gasteiger partial charge in [0.15, 0.2) is 0 Å². The molecule has 3 rings (SSSR count). The highest BCUT2D eigenvalue weighted by atomic mass is 32.2. The Kier molecular flexibility index (Phi) is 3.47. The van der Waals surface area contributed by atoms with Gasteiger partial charge in [-0.3, -0.25) is 5.10 Å². The zero-order valence-corrected chi connectivity index (χ0v) is 13.0. The van der Waals surface area contributed by atoms with Crippen molar-refractivity contribution >= 4 is 32.8 Å². The van der Waals surface area contributed by atoms with Crippen LogP contribution in [0.15, 0.2) is 23.1 Å². The van der Waals surface area contributed by atoms with Gasteiger partial charge in [0.25, 0.3) is 0 Å². The molecule has 0 fully saturated rings. The average molecular weight is 323 g/mol. The van der Waals surface area contributed by atoms with Crippen molar-refractivity contribution in [1.82, 2.24) is 23.7 Å². The monoisotopic (exact) mass is 323 g/mol. The first kappa shape index (κ1) is 14.1. The van der Waals surface area contributed by atoms with Gasteiger partial charge < -0.3 is 0 Å². The number of nitrogens with zero attached hydrogens (tertiary/aromatic N) is 3. The summed E-state index contributed by atoms with van der Waals surface area (Å²) < 4.78 is 35.6. The molecule has 0 amide bonds. The molecule has 0 aliphatic carbocycles. The molecule has 7 nitrogen and oxygen atoms in total. The van der Waals surface area contributed by atoms with Crippen molar-refractivity contribution in [3.8, 4) is 0 Å². The lowest BCUT2D eigenvalue weighted by Crippen LogP contribution is -2.24. The Morgan fingerprint density at radius 1 is 1.29 bits per heavy atom. The molecule has 0 bridgehead atoms. The molecular weight excluding hydrogens is 310 g/mol. The smallest absolute Gasteiger partial charge is 0.243 e. The molecule has 0 aliphatic rings. The predicted molar refractivity (Wildman–Crippen MR) is 79.5 cm³/mol. The van der Waals surface area contributed by atoms with Crippen LogP contribution in [-0.2, 0) is 16.6 Å². The van der Waals surface area contributed by atoms with Crippen molar-refractivity contribution in [3.05, 3.63) is 35.2 Å². The zero-order valence-electron chi connectivity index (χ0n) is 11.4. The molecule has 21 heavy (non-hydrogen) atoms. The van der Waals surface area contributed by atoms with Gasteiger partial charge in [0.2, 0.25) is 10.0 Å². The molecular formula is C12H13N5O2S2.